The van der Waals surface area contributed by atoms with Crippen molar-refractivity contribution in [2.45, 2.75) is 6.92 Å². The minimum Gasteiger partial charge on any atom is -0.486 e. The predicted molar refractivity (Wildman–Crippen MR) is 115 cm³/mol. The molecule has 1 heterocycles. The molecular formula is C21H22BrN3O5. The van der Waals surface area contributed by atoms with Crippen LogP contribution < -0.4 is 20.1 Å². The molecule has 0 unspecified atom stereocenters. The molecule has 0 aromatic heterocycles. The molecule has 0 fully saturated rings. The summed E-state index contributed by atoms with van der Waals surface area (Å²) < 4.78 is 11.7. The van der Waals surface area contributed by atoms with Crippen molar-refractivity contribution in [2.75, 3.05) is 38.2 Å². The van der Waals surface area contributed by atoms with Gasteiger partial charge in [-0.25, -0.2) is 0 Å². The molecule has 2 aromatic rings. The van der Waals surface area contributed by atoms with Gasteiger partial charge in [0.1, 0.15) is 13.2 Å². The van der Waals surface area contributed by atoms with Gasteiger partial charge < -0.3 is 25.0 Å². The second-order valence-electron chi connectivity index (χ2n) is 6.51. The van der Waals surface area contributed by atoms with Crippen LogP contribution in [0.4, 0.5) is 5.69 Å². The third kappa shape index (κ3) is 5.73. The molecule has 2 aromatic carbocycles. The van der Waals surface area contributed by atoms with Gasteiger partial charge in [0.2, 0.25) is 11.8 Å². The summed E-state index contributed by atoms with van der Waals surface area (Å²) in [6, 6.07) is 12.0. The first-order valence-corrected chi connectivity index (χ1v) is 10.3. The van der Waals surface area contributed by atoms with E-state index in [1.165, 1.54) is 4.90 Å². The van der Waals surface area contributed by atoms with E-state index in [2.05, 4.69) is 26.6 Å². The number of halogens is 1. The number of anilines is 1. The summed E-state index contributed by atoms with van der Waals surface area (Å²) in [5.74, 6) is 0.142. The number of rotatable bonds is 7. The van der Waals surface area contributed by atoms with E-state index >= 15 is 0 Å². The fraction of sp³-hybridized carbons (Fsp3) is 0.286. The molecule has 0 bridgehead atoms. The summed E-state index contributed by atoms with van der Waals surface area (Å²) in [5, 5.41) is 5.33. The van der Waals surface area contributed by atoms with Crippen molar-refractivity contribution in [3.8, 4) is 11.5 Å². The highest BCUT2D eigenvalue weighted by atomic mass is 79.9. The van der Waals surface area contributed by atoms with Crippen LogP contribution in [0.15, 0.2) is 46.9 Å². The van der Waals surface area contributed by atoms with Crippen LogP contribution >= 0.6 is 15.9 Å². The van der Waals surface area contributed by atoms with E-state index in [0.29, 0.717) is 42.5 Å². The maximum absolute atomic E-state index is 12.4. The number of nitrogens with one attached hydrogen (secondary N) is 2. The topological polar surface area (TPSA) is 97.0 Å². The first kappa shape index (κ1) is 21.6. The van der Waals surface area contributed by atoms with Crippen molar-refractivity contribution >= 4 is 39.3 Å². The van der Waals surface area contributed by atoms with Gasteiger partial charge in [0.05, 0.1) is 13.1 Å². The summed E-state index contributed by atoms with van der Waals surface area (Å²) in [5.41, 5.74) is 0.993. The van der Waals surface area contributed by atoms with Crippen LogP contribution in [0.25, 0.3) is 0 Å². The fourth-order valence-corrected chi connectivity index (χ4v) is 3.27. The summed E-state index contributed by atoms with van der Waals surface area (Å²) in [6.07, 6.45) is 0. The second kappa shape index (κ2) is 10.1. The number of fused-ring (bicyclic) bond motifs is 1. The van der Waals surface area contributed by atoms with Gasteiger partial charge in [-0.1, -0.05) is 22.0 Å². The average Bonchev–Trinajstić information content (AvgIpc) is 2.75. The number of amides is 3. The number of hydrogen-bond donors (Lipinski definition) is 2. The lowest BCUT2D eigenvalue weighted by Crippen LogP contribution is -2.43. The van der Waals surface area contributed by atoms with E-state index in [-0.39, 0.29) is 30.8 Å². The lowest BCUT2D eigenvalue weighted by molar-refractivity contribution is -0.133. The van der Waals surface area contributed by atoms with Crippen LogP contribution in [0.5, 0.6) is 11.5 Å². The van der Waals surface area contributed by atoms with E-state index < -0.39 is 0 Å². The molecule has 3 amide bonds. The molecule has 1 aliphatic heterocycles. The number of nitrogens with zero attached hydrogens (tertiary/aromatic N) is 1. The molecule has 0 saturated heterocycles. The van der Waals surface area contributed by atoms with Gasteiger partial charge >= 0.3 is 0 Å². The number of benzene rings is 2. The highest BCUT2D eigenvalue weighted by Gasteiger charge is 2.18. The first-order chi connectivity index (χ1) is 14.5. The largest absolute Gasteiger partial charge is 0.486 e. The summed E-state index contributed by atoms with van der Waals surface area (Å²) in [4.78, 5) is 38.4. The normalized spacial score (nSPS) is 12.1. The van der Waals surface area contributed by atoms with Crippen molar-refractivity contribution in [3.05, 3.63) is 52.5 Å². The molecule has 0 saturated carbocycles. The van der Waals surface area contributed by atoms with Gasteiger partial charge in [0.25, 0.3) is 5.91 Å². The Kier molecular flexibility index (Phi) is 7.29. The summed E-state index contributed by atoms with van der Waals surface area (Å²) >= 11 is 3.31. The van der Waals surface area contributed by atoms with Gasteiger partial charge in [-0.15, -0.1) is 0 Å². The SMILES string of the molecule is CCN(CC(=O)Nc1ccc2c(c1)OCCO2)C(=O)CNC(=O)c1cccc(Br)c1. The molecule has 0 spiro atoms. The Morgan fingerprint density at radius 1 is 1.07 bits per heavy atom. The minimum absolute atomic E-state index is 0.128. The molecule has 3 rings (SSSR count). The van der Waals surface area contributed by atoms with Crippen molar-refractivity contribution in [3.63, 3.8) is 0 Å². The highest BCUT2D eigenvalue weighted by Crippen LogP contribution is 2.32. The second-order valence-corrected chi connectivity index (χ2v) is 7.42. The third-order valence-corrected chi connectivity index (χ3v) is 4.88. The average molecular weight is 476 g/mol. The van der Waals surface area contributed by atoms with Crippen LogP contribution in [-0.4, -0.2) is 55.5 Å². The lowest BCUT2D eigenvalue weighted by Gasteiger charge is -2.21. The van der Waals surface area contributed by atoms with Crippen LogP contribution in [0.2, 0.25) is 0 Å². The third-order valence-electron chi connectivity index (χ3n) is 4.38. The predicted octanol–water partition coefficient (Wildman–Crippen LogP) is 2.44. The van der Waals surface area contributed by atoms with Crippen LogP contribution in [-0.2, 0) is 9.59 Å². The molecule has 1 aliphatic rings. The Balaban J connectivity index is 1.52. The van der Waals surface area contributed by atoms with E-state index in [9.17, 15) is 14.4 Å². The smallest absolute Gasteiger partial charge is 0.251 e. The molecule has 8 nitrogen and oxygen atoms in total. The van der Waals surface area contributed by atoms with Crippen molar-refractivity contribution in [1.82, 2.24) is 10.2 Å². The quantitative estimate of drug-likeness (QED) is 0.640. The Morgan fingerprint density at radius 2 is 1.83 bits per heavy atom. The number of hydrogen-bond acceptors (Lipinski definition) is 5. The Bertz CT molecular complexity index is 950. The molecule has 0 atom stereocenters. The standard InChI is InChI=1S/C21H22BrN3O5/c1-2-25(20(27)12-23-21(28)14-4-3-5-15(22)10-14)13-19(26)24-16-6-7-17-18(11-16)30-9-8-29-17/h3-7,10-11H,2,8-9,12-13H2,1H3,(H,23,28)(H,24,26). The Labute approximate surface area is 182 Å². The van der Waals surface area contributed by atoms with E-state index in [0.717, 1.165) is 4.47 Å². The van der Waals surface area contributed by atoms with E-state index in [4.69, 9.17) is 9.47 Å². The summed E-state index contributed by atoms with van der Waals surface area (Å²) in [6.45, 7) is 2.72. The molecule has 0 radical (unpaired) electrons. The van der Waals surface area contributed by atoms with Crippen molar-refractivity contribution in [1.29, 1.82) is 0 Å². The van der Waals surface area contributed by atoms with Crippen LogP contribution in [0.1, 0.15) is 17.3 Å². The van der Waals surface area contributed by atoms with E-state index in [1.54, 1.807) is 49.4 Å². The summed E-state index contributed by atoms with van der Waals surface area (Å²) in [7, 11) is 0. The van der Waals surface area contributed by atoms with Gasteiger partial charge in [-0.3, -0.25) is 14.4 Å². The monoisotopic (exact) mass is 475 g/mol. The molecule has 158 valence electrons. The van der Waals surface area contributed by atoms with Gasteiger partial charge in [-0.2, -0.15) is 0 Å². The fourth-order valence-electron chi connectivity index (χ4n) is 2.87. The minimum atomic E-state index is -0.360. The molecule has 9 heteroatoms. The molecular weight excluding hydrogens is 454 g/mol. The van der Waals surface area contributed by atoms with E-state index in [1.807, 2.05) is 0 Å². The Hall–Kier alpha value is -3.07. The Morgan fingerprint density at radius 3 is 2.57 bits per heavy atom. The first-order valence-electron chi connectivity index (χ1n) is 9.47. The maximum Gasteiger partial charge on any atom is 0.251 e. The zero-order valence-corrected chi connectivity index (χ0v) is 18.0. The van der Waals surface area contributed by atoms with Crippen LogP contribution in [0.3, 0.4) is 0 Å². The number of ether oxygens (including phenoxy) is 2. The zero-order chi connectivity index (χ0) is 21.5. The zero-order valence-electron chi connectivity index (χ0n) is 16.4. The number of likely N-dealkylation sites (N-methyl/N-ethyl adjacent to an activating group) is 1. The van der Waals surface area contributed by atoms with Gasteiger partial charge in [-0.05, 0) is 37.3 Å². The van der Waals surface area contributed by atoms with Crippen molar-refractivity contribution < 1.29 is 23.9 Å². The number of carbonyl (C=O) groups is 3. The number of carbonyl (C=O) groups excluding carboxylic acids is 3. The van der Waals surface area contributed by atoms with Gasteiger partial charge in [0.15, 0.2) is 11.5 Å². The molecule has 30 heavy (non-hydrogen) atoms. The van der Waals surface area contributed by atoms with Crippen molar-refractivity contribution in [2.24, 2.45) is 0 Å². The molecule has 2 N–H and O–H groups in total. The van der Waals surface area contributed by atoms with Gasteiger partial charge in [0, 0.05) is 28.3 Å². The van der Waals surface area contributed by atoms with Crippen LogP contribution in [0, 0.1) is 0 Å². The maximum atomic E-state index is 12.4. The molecule has 0 aliphatic carbocycles. The lowest BCUT2D eigenvalue weighted by atomic mass is 10.2. The highest BCUT2D eigenvalue weighted by molar-refractivity contribution is 9.10.